The van der Waals surface area contributed by atoms with Gasteiger partial charge in [0.05, 0.1) is 0 Å². The summed E-state index contributed by atoms with van der Waals surface area (Å²) < 4.78 is 3.98. The average Bonchev–Trinajstić information content (AvgIpc) is 3.53. The van der Waals surface area contributed by atoms with Gasteiger partial charge in [0.2, 0.25) is 0 Å². The molecule has 4 aromatic carbocycles. The zero-order chi connectivity index (χ0) is 28.7. The summed E-state index contributed by atoms with van der Waals surface area (Å²) in [6.45, 7) is 14.4. The molecule has 0 nitrogen and oxygen atoms in total. The molecule has 0 spiro atoms. The molecule has 0 heterocycles. The van der Waals surface area contributed by atoms with Gasteiger partial charge in [-0.1, -0.05) is 0 Å². The largest absolute Gasteiger partial charge is 1.00 e. The number of hydrogen-bond acceptors (Lipinski definition) is 0. The quantitative estimate of drug-likeness (QED) is 0.262. The van der Waals surface area contributed by atoms with Gasteiger partial charge in [0.15, 0.2) is 0 Å². The molecule has 0 fully saturated rings. The minimum absolute atomic E-state index is 0. The molecule has 0 aliphatic heterocycles. The SMILES string of the molecule is CCCC1C=C(C(C)(C)C)C=[C]1[Zr+2](=[C](C)C)[CH]1c2cc(-c3ccccc3)ccc2-c2ccc(-c3ccccc3)cc21.[Cl-].[Cl-]. The molecule has 6 rings (SSSR count). The Hall–Kier alpha value is -2.31. The zero-order valence-electron chi connectivity index (χ0n) is 26.2. The maximum atomic E-state index is 2.67. The number of halogens is 2. The van der Waals surface area contributed by atoms with Crippen molar-refractivity contribution in [3.63, 3.8) is 0 Å². The normalized spacial score (nSPS) is 15.2. The van der Waals surface area contributed by atoms with Crippen LogP contribution < -0.4 is 24.8 Å². The first kappa shape index (κ1) is 33.6. The van der Waals surface area contributed by atoms with Crippen molar-refractivity contribution in [3.05, 3.63) is 129 Å². The van der Waals surface area contributed by atoms with E-state index in [-0.39, 0.29) is 30.2 Å². The summed E-state index contributed by atoms with van der Waals surface area (Å²) in [5.74, 6) is 0.584. The van der Waals surface area contributed by atoms with Gasteiger partial charge >= 0.3 is 256 Å². The molecule has 0 amide bonds. The first-order chi connectivity index (χ1) is 19.8. The predicted octanol–water partition coefficient (Wildman–Crippen LogP) is 5.22. The van der Waals surface area contributed by atoms with E-state index in [1.54, 1.807) is 23.2 Å². The Morgan fingerprint density at radius 3 is 1.58 bits per heavy atom. The molecule has 0 saturated heterocycles. The van der Waals surface area contributed by atoms with Crippen LogP contribution in [0, 0.1) is 11.3 Å². The van der Waals surface area contributed by atoms with Gasteiger partial charge in [-0.2, -0.15) is 0 Å². The van der Waals surface area contributed by atoms with Gasteiger partial charge in [-0.25, -0.2) is 0 Å². The second-order valence-electron chi connectivity index (χ2n) is 13.0. The molecule has 2 aliphatic carbocycles. The van der Waals surface area contributed by atoms with E-state index in [0.29, 0.717) is 9.54 Å². The molecule has 220 valence electrons. The Labute approximate surface area is 279 Å². The molecule has 0 bridgehead atoms. The van der Waals surface area contributed by atoms with E-state index in [2.05, 4.69) is 151 Å². The van der Waals surface area contributed by atoms with Crippen LogP contribution in [0.1, 0.15) is 69.1 Å². The third kappa shape index (κ3) is 6.56. The van der Waals surface area contributed by atoms with Crippen molar-refractivity contribution >= 4 is 3.21 Å². The van der Waals surface area contributed by atoms with Crippen molar-refractivity contribution < 1.29 is 46.1 Å². The Kier molecular flexibility index (Phi) is 10.8. The molecule has 2 aliphatic rings. The summed E-state index contributed by atoms with van der Waals surface area (Å²) in [6.07, 6.45) is 7.79. The van der Waals surface area contributed by atoms with Crippen LogP contribution in [0.15, 0.2) is 118 Å². The third-order valence-electron chi connectivity index (χ3n) is 8.92. The molecule has 0 saturated carbocycles. The van der Waals surface area contributed by atoms with Crippen LogP contribution in [0.4, 0.5) is 0 Å². The molecular weight excluding hydrogens is 643 g/mol. The van der Waals surface area contributed by atoms with Crippen molar-refractivity contribution in [2.24, 2.45) is 11.3 Å². The third-order valence-corrected chi connectivity index (χ3v) is 17.3. The maximum Gasteiger partial charge on any atom is -1.00 e. The van der Waals surface area contributed by atoms with Crippen LogP contribution in [0.2, 0.25) is 0 Å². The number of benzene rings is 4. The number of rotatable bonds is 6. The van der Waals surface area contributed by atoms with Crippen molar-refractivity contribution in [2.75, 3.05) is 0 Å². The standard InChI is InChI=1S/C25H17.C12H19.C3H6.2ClH.Zr/c1-3-7-18(8-4-1)20-11-13-24-22(15-20)17-23-16-21(12-14-25(23)24)19-9-5-2-6-10-19;1-5-6-10-7-8-11(9-10)12(2,3)4;1-3-2;;;/h1-17H;8-10H,5-6H2,1-4H3;1-2H3;2*1H;/q;;;;;+2/p-2. The van der Waals surface area contributed by atoms with Crippen molar-refractivity contribution in [3.8, 4) is 33.4 Å². The minimum atomic E-state index is -2.39. The summed E-state index contributed by atoms with van der Waals surface area (Å²) in [5, 5.41) is 0. The molecule has 3 heteroatoms. The van der Waals surface area contributed by atoms with Crippen molar-refractivity contribution in [1.82, 2.24) is 0 Å². The van der Waals surface area contributed by atoms with Gasteiger partial charge in [0.1, 0.15) is 0 Å². The summed E-state index contributed by atoms with van der Waals surface area (Å²) >= 11 is -2.39. The van der Waals surface area contributed by atoms with Crippen LogP contribution in [0.3, 0.4) is 0 Å². The topological polar surface area (TPSA) is 0 Å². The molecule has 0 aromatic heterocycles. The fraction of sp³-hybridized carbons (Fsp3) is 0.275. The van der Waals surface area contributed by atoms with E-state index >= 15 is 0 Å². The van der Waals surface area contributed by atoms with Crippen LogP contribution >= 0.6 is 0 Å². The fourth-order valence-corrected chi connectivity index (χ4v) is 15.5. The van der Waals surface area contributed by atoms with Gasteiger partial charge in [0.25, 0.3) is 0 Å². The maximum absolute atomic E-state index is 2.67. The van der Waals surface area contributed by atoms with Gasteiger partial charge in [-0.3, -0.25) is 0 Å². The second kappa shape index (κ2) is 13.8. The summed E-state index contributed by atoms with van der Waals surface area (Å²) in [5.41, 5.74) is 13.0. The summed E-state index contributed by atoms with van der Waals surface area (Å²) in [4.78, 5) is 0. The summed E-state index contributed by atoms with van der Waals surface area (Å²) in [6, 6.07) is 36.4. The molecule has 1 unspecified atom stereocenters. The van der Waals surface area contributed by atoms with Gasteiger partial charge < -0.3 is 24.8 Å². The van der Waals surface area contributed by atoms with E-state index in [9.17, 15) is 0 Å². The van der Waals surface area contributed by atoms with E-state index in [1.165, 1.54) is 46.2 Å². The van der Waals surface area contributed by atoms with E-state index in [0.717, 1.165) is 0 Å². The molecular formula is C40H42Cl2Zr. The Bertz CT molecular complexity index is 1590. The smallest absolute Gasteiger partial charge is 1.00 e. The Morgan fingerprint density at radius 2 is 1.16 bits per heavy atom. The number of hydrogen-bond donors (Lipinski definition) is 0. The fourth-order valence-electron chi connectivity index (χ4n) is 6.86. The molecule has 1 atom stereocenters. The molecule has 43 heavy (non-hydrogen) atoms. The van der Waals surface area contributed by atoms with Crippen LogP contribution in [0.25, 0.3) is 33.4 Å². The van der Waals surface area contributed by atoms with E-state index in [1.807, 2.05) is 0 Å². The number of fused-ring (bicyclic) bond motifs is 3. The first-order valence-electron chi connectivity index (χ1n) is 15.3. The Morgan fingerprint density at radius 1 is 0.674 bits per heavy atom. The summed E-state index contributed by atoms with van der Waals surface area (Å²) in [7, 11) is 0. The van der Waals surface area contributed by atoms with E-state index in [4.69, 9.17) is 0 Å². The Balaban J connectivity index is 0.00000212. The number of allylic oxidation sites excluding steroid dienone is 4. The predicted molar refractivity (Wildman–Crippen MR) is 175 cm³/mol. The zero-order valence-corrected chi connectivity index (χ0v) is 30.2. The molecule has 0 N–H and O–H groups in total. The van der Waals surface area contributed by atoms with Gasteiger partial charge in [-0.05, 0) is 0 Å². The monoisotopic (exact) mass is 682 g/mol. The van der Waals surface area contributed by atoms with Crippen molar-refractivity contribution in [1.29, 1.82) is 0 Å². The molecule has 4 aromatic rings. The first-order valence-corrected chi connectivity index (χ1v) is 19.1. The van der Waals surface area contributed by atoms with Crippen LogP contribution in [-0.4, -0.2) is 3.21 Å². The van der Waals surface area contributed by atoms with Gasteiger partial charge in [0, 0.05) is 0 Å². The van der Waals surface area contributed by atoms with Crippen LogP contribution in [-0.2, 0) is 21.3 Å². The molecule has 0 radical (unpaired) electrons. The van der Waals surface area contributed by atoms with Gasteiger partial charge in [-0.15, -0.1) is 0 Å². The minimum Gasteiger partial charge on any atom is -1.00 e. The van der Waals surface area contributed by atoms with Crippen molar-refractivity contribution in [2.45, 2.75) is 58.0 Å². The van der Waals surface area contributed by atoms with E-state index < -0.39 is 21.3 Å². The second-order valence-corrected chi connectivity index (χ2v) is 20.4. The van der Waals surface area contributed by atoms with Crippen LogP contribution in [0.5, 0.6) is 0 Å². The average molecular weight is 685 g/mol.